The van der Waals surface area contributed by atoms with E-state index >= 15 is 0 Å². The van der Waals surface area contributed by atoms with Gasteiger partial charge in [-0.15, -0.1) is 0 Å². The lowest BCUT2D eigenvalue weighted by Gasteiger charge is -2.08. The summed E-state index contributed by atoms with van der Waals surface area (Å²) in [6, 6.07) is 17.2. The Morgan fingerprint density at radius 3 is 2.24 bits per heavy atom. The molecule has 4 rings (SSSR count). The van der Waals surface area contributed by atoms with Crippen LogP contribution in [-0.4, -0.2) is 7.11 Å². The summed E-state index contributed by atoms with van der Waals surface area (Å²) >= 11 is 0. The number of benzene rings is 3. The van der Waals surface area contributed by atoms with Gasteiger partial charge in [-0.25, -0.2) is 4.79 Å². The van der Waals surface area contributed by atoms with Gasteiger partial charge in [0.25, 0.3) is 0 Å². The molecule has 0 fully saturated rings. The Hall–Kier alpha value is -2.81. The first-order chi connectivity index (χ1) is 10.3. The predicted octanol–water partition coefficient (Wildman–Crippen LogP) is 4.11. The van der Waals surface area contributed by atoms with E-state index in [1.54, 1.807) is 13.2 Å². The molecule has 0 N–H and O–H groups in total. The first-order valence-electron chi connectivity index (χ1n) is 6.71. The fourth-order valence-corrected chi connectivity index (χ4v) is 2.85. The summed E-state index contributed by atoms with van der Waals surface area (Å²) in [4.78, 5) is 12.2. The summed E-state index contributed by atoms with van der Waals surface area (Å²) in [7, 11) is 1.63. The van der Waals surface area contributed by atoms with Gasteiger partial charge in [-0.3, -0.25) is 0 Å². The zero-order chi connectivity index (χ0) is 14.4. The summed E-state index contributed by atoms with van der Waals surface area (Å²) < 4.78 is 11.0. The van der Waals surface area contributed by atoms with Gasteiger partial charge in [0.2, 0.25) is 0 Å². The minimum atomic E-state index is -0.312. The van der Waals surface area contributed by atoms with Crippen molar-refractivity contribution in [3.8, 4) is 5.75 Å². The van der Waals surface area contributed by atoms with E-state index in [0.717, 1.165) is 27.3 Å². The lowest BCUT2D eigenvalue weighted by atomic mass is 10.0. The van der Waals surface area contributed by atoms with Crippen molar-refractivity contribution in [3.05, 3.63) is 65.0 Å². The third-order valence-corrected chi connectivity index (χ3v) is 3.82. The summed E-state index contributed by atoms with van der Waals surface area (Å²) in [6.45, 7) is 0. The quantitative estimate of drug-likeness (QED) is 0.388. The van der Waals surface area contributed by atoms with Crippen LogP contribution in [0.3, 0.4) is 0 Å². The van der Waals surface area contributed by atoms with Gasteiger partial charge in [-0.1, -0.05) is 30.3 Å². The van der Waals surface area contributed by atoms with Crippen molar-refractivity contribution in [1.29, 1.82) is 0 Å². The standard InChI is InChI=1S/C18H12O3/c1-20-16-8-4-7-13-12(16)9-10-14-11-5-2-3-6-15(11)18(19)21-17(13)14/h2-10H,1H3. The number of hydrogen-bond donors (Lipinski definition) is 0. The maximum absolute atomic E-state index is 12.2. The molecule has 3 nitrogen and oxygen atoms in total. The highest BCUT2D eigenvalue weighted by molar-refractivity contribution is 6.14. The van der Waals surface area contributed by atoms with E-state index in [1.807, 2.05) is 48.5 Å². The van der Waals surface area contributed by atoms with Gasteiger partial charge < -0.3 is 9.15 Å². The molecule has 1 aromatic heterocycles. The van der Waals surface area contributed by atoms with Crippen molar-refractivity contribution in [1.82, 2.24) is 0 Å². The van der Waals surface area contributed by atoms with E-state index in [2.05, 4.69) is 0 Å². The topological polar surface area (TPSA) is 39.4 Å². The van der Waals surface area contributed by atoms with Crippen molar-refractivity contribution in [3.63, 3.8) is 0 Å². The van der Waals surface area contributed by atoms with Crippen molar-refractivity contribution >= 4 is 32.5 Å². The fourth-order valence-electron chi connectivity index (χ4n) is 2.85. The van der Waals surface area contributed by atoms with Crippen LogP contribution >= 0.6 is 0 Å². The molecule has 0 unspecified atom stereocenters. The number of fused-ring (bicyclic) bond motifs is 5. The number of methoxy groups -OCH3 is 1. The first-order valence-corrected chi connectivity index (χ1v) is 6.71. The molecule has 0 saturated carbocycles. The zero-order valence-electron chi connectivity index (χ0n) is 11.4. The van der Waals surface area contributed by atoms with E-state index in [1.165, 1.54) is 0 Å². The molecule has 0 aliphatic rings. The second-order valence-electron chi connectivity index (χ2n) is 4.93. The van der Waals surface area contributed by atoms with Gasteiger partial charge in [0.1, 0.15) is 11.3 Å². The largest absolute Gasteiger partial charge is 0.496 e. The average molecular weight is 276 g/mol. The van der Waals surface area contributed by atoms with Crippen molar-refractivity contribution in [2.75, 3.05) is 7.11 Å². The molecule has 21 heavy (non-hydrogen) atoms. The van der Waals surface area contributed by atoms with Crippen LogP contribution in [0.5, 0.6) is 5.75 Å². The van der Waals surface area contributed by atoms with Crippen LogP contribution in [0, 0.1) is 0 Å². The molecule has 0 saturated heterocycles. The second kappa shape index (κ2) is 4.35. The molecule has 0 bridgehead atoms. The zero-order valence-corrected chi connectivity index (χ0v) is 11.4. The van der Waals surface area contributed by atoms with Gasteiger partial charge in [-0.05, 0) is 29.7 Å². The Morgan fingerprint density at radius 1 is 0.762 bits per heavy atom. The molecule has 0 aliphatic carbocycles. The second-order valence-corrected chi connectivity index (χ2v) is 4.93. The van der Waals surface area contributed by atoms with E-state index < -0.39 is 0 Å². The van der Waals surface area contributed by atoms with E-state index in [4.69, 9.17) is 9.15 Å². The van der Waals surface area contributed by atoms with Crippen LogP contribution < -0.4 is 10.4 Å². The van der Waals surface area contributed by atoms with Crippen LogP contribution in [0.15, 0.2) is 63.8 Å². The molecule has 0 aliphatic heterocycles. The highest BCUT2D eigenvalue weighted by Gasteiger charge is 2.11. The van der Waals surface area contributed by atoms with Crippen molar-refractivity contribution in [2.24, 2.45) is 0 Å². The molecule has 3 aromatic carbocycles. The molecule has 1 heterocycles. The van der Waals surface area contributed by atoms with Crippen molar-refractivity contribution in [2.45, 2.75) is 0 Å². The van der Waals surface area contributed by atoms with E-state index in [9.17, 15) is 4.79 Å². The van der Waals surface area contributed by atoms with Crippen LogP contribution in [0.25, 0.3) is 32.5 Å². The summed E-state index contributed by atoms with van der Waals surface area (Å²) in [6.07, 6.45) is 0. The average Bonchev–Trinajstić information content (AvgIpc) is 2.54. The van der Waals surface area contributed by atoms with Gasteiger partial charge in [-0.2, -0.15) is 0 Å². The van der Waals surface area contributed by atoms with Gasteiger partial charge in [0, 0.05) is 16.2 Å². The number of hydrogen-bond acceptors (Lipinski definition) is 3. The maximum atomic E-state index is 12.2. The van der Waals surface area contributed by atoms with Gasteiger partial charge in [0.05, 0.1) is 12.5 Å². The highest BCUT2D eigenvalue weighted by atomic mass is 16.5. The molecule has 0 atom stereocenters. The number of rotatable bonds is 1. The molecule has 3 heteroatoms. The third kappa shape index (κ3) is 1.64. The number of ether oxygens (including phenoxy) is 1. The lowest BCUT2D eigenvalue weighted by molar-refractivity contribution is 0.420. The third-order valence-electron chi connectivity index (χ3n) is 3.82. The minimum Gasteiger partial charge on any atom is -0.496 e. The SMILES string of the molecule is COc1cccc2c1ccc1c3ccccc3c(=O)oc21. The van der Waals surface area contributed by atoms with Gasteiger partial charge >= 0.3 is 5.63 Å². The Balaban J connectivity index is 2.30. The predicted molar refractivity (Wildman–Crippen MR) is 84.0 cm³/mol. The van der Waals surface area contributed by atoms with Crippen LogP contribution in [0.4, 0.5) is 0 Å². The summed E-state index contributed by atoms with van der Waals surface area (Å²) in [5, 5.41) is 4.27. The summed E-state index contributed by atoms with van der Waals surface area (Å²) in [5.41, 5.74) is 0.295. The molecule has 4 aromatic rings. The smallest absolute Gasteiger partial charge is 0.344 e. The molecule has 0 amide bonds. The van der Waals surface area contributed by atoms with Crippen LogP contribution in [0.2, 0.25) is 0 Å². The van der Waals surface area contributed by atoms with E-state index in [-0.39, 0.29) is 5.63 Å². The minimum absolute atomic E-state index is 0.312. The Kier molecular flexibility index (Phi) is 2.48. The fraction of sp³-hybridized carbons (Fsp3) is 0.0556. The Morgan fingerprint density at radius 2 is 1.43 bits per heavy atom. The lowest BCUT2D eigenvalue weighted by Crippen LogP contribution is -1.99. The van der Waals surface area contributed by atoms with Crippen LogP contribution in [-0.2, 0) is 0 Å². The Bertz CT molecular complexity index is 1040. The Labute approximate surface area is 120 Å². The molecule has 0 spiro atoms. The maximum Gasteiger partial charge on any atom is 0.344 e. The van der Waals surface area contributed by atoms with Gasteiger partial charge in [0.15, 0.2) is 0 Å². The molecular formula is C18H12O3. The molecule has 0 radical (unpaired) electrons. The van der Waals surface area contributed by atoms with Crippen molar-refractivity contribution < 1.29 is 9.15 Å². The van der Waals surface area contributed by atoms with E-state index in [0.29, 0.717) is 11.0 Å². The first kappa shape index (κ1) is 12.0. The monoisotopic (exact) mass is 276 g/mol. The van der Waals surface area contributed by atoms with Crippen LogP contribution in [0.1, 0.15) is 0 Å². The normalized spacial score (nSPS) is 11.3. The summed E-state index contributed by atoms with van der Waals surface area (Å²) in [5.74, 6) is 0.769. The highest BCUT2D eigenvalue weighted by Crippen LogP contribution is 2.33. The molecular weight excluding hydrogens is 264 g/mol. The molecule has 102 valence electrons.